The van der Waals surface area contributed by atoms with Crippen molar-refractivity contribution in [3.05, 3.63) is 28.8 Å². The fourth-order valence-electron chi connectivity index (χ4n) is 1.19. The maximum Gasteiger partial charge on any atom is 0.251 e. The average molecular weight is 256 g/mol. The van der Waals surface area contributed by atoms with Crippen LogP contribution in [0, 0.1) is 0 Å². The number of nitrogen functional groups attached to an aromatic ring is 1. The van der Waals surface area contributed by atoms with Crippen LogP contribution in [-0.2, 0) is 0 Å². The van der Waals surface area contributed by atoms with Gasteiger partial charge in [-0.15, -0.1) is 0 Å². The van der Waals surface area contributed by atoms with Crippen LogP contribution in [0.2, 0.25) is 5.02 Å². The van der Waals surface area contributed by atoms with E-state index in [9.17, 15) is 4.79 Å². The van der Waals surface area contributed by atoms with Crippen molar-refractivity contribution < 1.29 is 4.79 Å². The van der Waals surface area contributed by atoms with E-state index in [0.29, 0.717) is 22.8 Å². The van der Waals surface area contributed by atoms with E-state index < -0.39 is 0 Å². The molecule has 0 bridgehead atoms. The van der Waals surface area contributed by atoms with Crippen LogP contribution in [0.1, 0.15) is 17.3 Å². The van der Waals surface area contributed by atoms with E-state index in [1.807, 2.05) is 25.9 Å². The molecule has 3 N–H and O–H groups in total. The standard InChI is InChI=1S/C12H18ClN3O/c1-8(16(2)3)7-15-12(17)9-4-5-11(14)10(13)6-9/h4-6,8H,7,14H2,1-3H3,(H,15,17). The zero-order valence-corrected chi connectivity index (χ0v) is 11.1. The van der Waals surface area contributed by atoms with E-state index in [-0.39, 0.29) is 11.9 Å². The lowest BCUT2D eigenvalue weighted by molar-refractivity contribution is 0.0943. The summed E-state index contributed by atoms with van der Waals surface area (Å²) in [7, 11) is 3.94. The summed E-state index contributed by atoms with van der Waals surface area (Å²) in [5.41, 5.74) is 6.58. The molecular formula is C12H18ClN3O. The molecule has 0 radical (unpaired) electrons. The molecule has 0 saturated heterocycles. The van der Waals surface area contributed by atoms with Gasteiger partial charge < -0.3 is 16.0 Å². The molecule has 94 valence electrons. The average Bonchev–Trinajstić information content (AvgIpc) is 2.28. The highest BCUT2D eigenvalue weighted by molar-refractivity contribution is 6.33. The Labute approximate surface area is 107 Å². The van der Waals surface area contributed by atoms with Crippen molar-refractivity contribution in [3.63, 3.8) is 0 Å². The van der Waals surface area contributed by atoms with Crippen LogP contribution in [0.5, 0.6) is 0 Å². The van der Waals surface area contributed by atoms with Gasteiger partial charge in [-0.2, -0.15) is 0 Å². The largest absolute Gasteiger partial charge is 0.398 e. The van der Waals surface area contributed by atoms with Crippen LogP contribution >= 0.6 is 11.6 Å². The molecule has 1 aromatic rings. The highest BCUT2D eigenvalue weighted by atomic mass is 35.5. The van der Waals surface area contributed by atoms with Gasteiger partial charge in [0.2, 0.25) is 0 Å². The van der Waals surface area contributed by atoms with Gasteiger partial charge in [0.1, 0.15) is 0 Å². The Kier molecular flexibility index (Phi) is 4.78. The minimum absolute atomic E-state index is 0.138. The quantitative estimate of drug-likeness (QED) is 0.804. The molecule has 1 amide bonds. The van der Waals surface area contributed by atoms with Crippen molar-refractivity contribution >= 4 is 23.2 Å². The second-order valence-corrected chi connectivity index (χ2v) is 4.67. The number of likely N-dealkylation sites (N-methyl/N-ethyl adjacent to an activating group) is 1. The van der Waals surface area contributed by atoms with Crippen LogP contribution in [0.3, 0.4) is 0 Å². The van der Waals surface area contributed by atoms with Gasteiger partial charge in [-0.05, 0) is 39.2 Å². The summed E-state index contributed by atoms with van der Waals surface area (Å²) in [5.74, 6) is -0.138. The first-order chi connectivity index (χ1) is 7.91. The zero-order valence-electron chi connectivity index (χ0n) is 10.3. The molecule has 1 rings (SSSR count). The SMILES string of the molecule is CC(CNC(=O)c1ccc(N)c(Cl)c1)N(C)C. The summed E-state index contributed by atoms with van der Waals surface area (Å²) in [4.78, 5) is 13.8. The van der Waals surface area contributed by atoms with Crippen LogP contribution in [-0.4, -0.2) is 37.5 Å². The highest BCUT2D eigenvalue weighted by Crippen LogP contribution is 2.19. The van der Waals surface area contributed by atoms with Crippen molar-refractivity contribution in [1.29, 1.82) is 0 Å². The van der Waals surface area contributed by atoms with E-state index in [4.69, 9.17) is 17.3 Å². The second kappa shape index (κ2) is 5.89. The van der Waals surface area contributed by atoms with Crippen molar-refractivity contribution in [2.45, 2.75) is 13.0 Å². The maximum atomic E-state index is 11.8. The van der Waals surface area contributed by atoms with Crippen LogP contribution in [0.4, 0.5) is 5.69 Å². The predicted molar refractivity (Wildman–Crippen MR) is 71.3 cm³/mol. The number of hydrogen-bond donors (Lipinski definition) is 2. The van der Waals surface area contributed by atoms with Gasteiger partial charge in [-0.25, -0.2) is 0 Å². The van der Waals surface area contributed by atoms with Crippen molar-refractivity contribution in [3.8, 4) is 0 Å². The minimum Gasteiger partial charge on any atom is -0.398 e. The van der Waals surface area contributed by atoms with Crippen molar-refractivity contribution in [2.24, 2.45) is 0 Å². The minimum atomic E-state index is -0.138. The number of anilines is 1. The van der Waals surface area contributed by atoms with Crippen LogP contribution in [0.25, 0.3) is 0 Å². The first-order valence-electron chi connectivity index (χ1n) is 5.41. The fraction of sp³-hybridized carbons (Fsp3) is 0.417. The summed E-state index contributed by atoms with van der Waals surface area (Å²) in [6.07, 6.45) is 0. The molecule has 4 nitrogen and oxygen atoms in total. The van der Waals surface area contributed by atoms with Gasteiger partial charge in [0.15, 0.2) is 0 Å². The molecule has 0 aliphatic carbocycles. The summed E-state index contributed by atoms with van der Waals surface area (Å²) < 4.78 is 0. The molecule has 5 heteroatoms. The molecule has 1 atom stereocenters. The Morgan fingerprint density at radius 1 is 1.53 bits per heavy atom. The predicted octanol–water partition coefficient (Wildman–Crippen LogP) is 1.60. The molecule has 0 saturated carbocycles. The lowest BCUT2D eigenvalue weighted by atomic mass is 10.2. The molecular weight excluding hydrogens is 238 g/mol. The molecule has 0 heterocycles. The zero-order chi connectivity index (χ0) is 13.0. The van der Waals surface area contributed by atoms with Gasteiger partial charge in [0.05, 0.1) is 10.7 Å². The first kappa shape index (κ1) is 13.8. The number of rotatable bonds is 4. The molecule has 0 aliphatic rings. The number of carbonyl (C=O) groups is 1. The number of amides is 1. The van der Waals surface area contributed by atoms with Gasteiger partial charge >= 0.3 is 0 Å². The van der Waals surface area contributed by atoms with Gasteiger partial charge in [-0.3, -0.25) is 4.79 Å². The first-order valence-corrected chi connectivity index (χ1v) is 5.79. The number of halogens is 1. The third-order valence-corrected chi connectivity index (χ3v) is 3.03. The van der Waals surface area contributed by atoms with E-state index in [1.54, 1.807) is 18.2 Å². The number of carbonyl (C=O) groups excluding carboxylic acids is 1. The fourth-order valence-corrected chi connectivity index (χ4v) is 1.37. The van der Waals surface area contributed by atoms with Gasteiger partial charge in [-0.1, -0.05) is 11.6 Å². The lowest BCUT2D eigenvalue weighted by Gasteiger charge is -2.20. The van der Waals surface area contributed by atoms with E-state index in [1.165, 1.54) is 0 Å². The summed E-state index contributed by atoms with van der Waals surface area (Å²) in [6.45, 7) is 2.63. The Morgan fingerprint density at radius 3 is 2.71 bits per heavy atom. The van der Waals surface area contributed by atoms with Crippen LogP contribution < -0.4 is 11.1 Å². The number of benzene rings is 1. The summed E-state index contributed by atoms with van der Waals surface area (Å²) in [5, 5.41) is 3.25. The van der Waals surface area contributed by atoms with Crippen molar-refractivity contribution in [2.75, 3.05) is 26.4 Å². The normalized spacial score (nSPS) is 12.5. The monoisotopic (exact) mass is 255 g/mol. The maximum absolute atomic E-state index is 11.8. The van der Waals surface area contributed by atoms with E-state index >= 15 is 0 Å². The third-order valence-electron chi connectivity index (χ3n) is 2.70. The van der Waals surface area contributed by atoms with E-state index in [0.717, 1.165) is 0 Å². The Hall–Kier alpha value is -1.26. The Morgan fingerprint density at radius 2 is 2.18 bits per heavy atom. The topological polar surface area (TPSA) is 58.4 Å². The Balaban J connectivity index is 2.61. The second-order valence-electron chi connectivity index (χ2n) is 4.26. The summed E-state index contributed by atoms with van der Waals surface area (Å²) in [6, 6.07) is 5.15. The van der Waals surface area contributed by atoms with Crippen LogP contribution in [0.15, 0.2) is 18.2 Å². The molecule has 17 heavy (non-hydrogen) atoms. The lowest BCUT2D eigenvalue weighted by Crippen LogP contribution is -2.38. The molecule has 0 aromatic heterocycles. The molecule has 0 aliphatic heterocycles. The summed E-state index contributed by atoms with van der Waals surface area (Å²) >= 11 is 5.86. The number of nitrogens with two attached hydrogens (primary N) is 1. The molecule has 0 spiro atoms. The van der Waals surface area contributed by atoms with E-state index in [2.05, 4.69) is 5.32 Å². The number of nitrogens with zero attached hydrogens (tertiary/aromatic N) is 1. The molecule has 0 fully saturated rings. The van der Waals surface area contributed by atoms with Crippen molar-refractivity contribution in [1.82, 2.24) is 10.2 Å². The highest BCUT2D eigenvalue weighted by Gasteiger charge is 2.10. The van der Waals surface area contributed by atoms with Gasteiger partial charge in [0.25, 0.3) is 5.91 Å². The Bertz CT molecular complexity index is 407. The third kappa shape index (κ3) is 3.91. The van der Waals surface area contributed by atoms with Gasteiger partial charge in [0, 0.05) is 18.2 Å². The number of nitrogens with one attached hydrogen (secondary N) is 1. The number of hydrogen-bond acceptors (Lipinski definition) is 3. The molecule has 1 aromatic carbocycles. The smallest absolute Gasteiger partial charge is 0.251 e. The molecule has 1 unspecified atom stereocenters.